The second-order valence-corrected chi connectivity index (χ2v) is 9.54. The van der Waals surface area contributed by atoms with E-state index in [0.29, 0.717) is 29.0 Å². The van der Waals surface area contributed by atoms with Gasteiger partial charge in [0, 0.05) is 18.0 Å². The second-order valence-electron chi connectivity index (χ2n) is 7.86. The van der Waals surface area contributed by atoms with Gasteiger partial charge in [0.2, 0.25) is 0 Å². The van der Waals surface area contributed by atoms with Gasteiger partial charge >= 0.3 is 0 Å². The van der Waals surface area contributed by atoms with Crippen molar-refractivity contribution in [1.29, 1.82) is 0 Å². The van der Waals surface area contributed by atoms with Crippen LogP contribution in [0.3, 0.4) is 0 Å². The molecule has 0 saturated heterocycles. The van der Waals surface area contributed by atoms with E-state index < -0.39 is 10.0 Å². The summed E-state index contributed by atoms with van der Waals surface area (Å²) in [5.74, 6) is 1.20. The minimum atomic E-state index is -3.87. The lowest BCUT2D eigenvalue weighted by Crippen LogP contribution is -2.15. The van der Waals surface area contributed by atoms with Crippen LogP contribution in [0.2, 0.25) is 0 Å². The second kappa shape index (κ2) is 9.60. The third kappa shape index (κ3) is 5.15. The van der Waals surface area contributed by atoms with Crippen molar-refractivity contribution in [2.45, 2.75) is 11.3 Å². The van der Waals surface area contributed by atoms with Gasteiger partial charge in [0.1, 0.15) is 6.33 Å². The predicted octanol–water partition coefficient (Wildman–Crippen LogP) is 3.92. The summed E-state index contributed by atoms with van der Waals surface area (Å²) in [6.07, 6.45) is 2.18. The number of methoxy groups -OCH3 is 1. The Kier molecular flexibility index (Phi) is 6.62. The number of rotatable bonds is 9. The maximum atomic E-state index is 13.1. The summed E-state index contributed by atoms with van der Waals surface area (Å²) in [6, 6.07) is 16.0. The zero-order valence-corrected chi connectivity index (χ0v) is 19.6. The molecule has 4 aromatic rings. The first-order valence-corrected chi connectivity index (χ1v) is 12.0. The maximum absolute atomic E-state index is 13.1. The Morgan fingerprint density at radius 3 is 2.52 bits per heavy atom. The van der Waals surface area contributed by atoms with E-state index in [-0.39, 0.29) is 10.7 Å². The standard InChI is InChI=1S/C24H26N4O4S/c1-28(2)11-6-12-32-23-15-21-20(14-22(23)31-3)24(26-16-25-21)27-33(29,30)19-10-9-17-7-4-5-8-18(17)13-19/h4-5,7-10,13-16H,6,11-12H2,1-3H3,(H,25,26,27). The van der Waals surface area contributed by atoms with E-state index in [1.54, 1.807) is 30.3 Å². The number of hydrogen-bond donors (Lipinski definition) is 1. The molecule has 0 aliphatic rings. The third-order valence-electron chi connectivity index (χ3n) is 5.19. The fraction of sp³-hybridized carbons (Fsp3) is 0.250. The highest BCUT2D eigenvalue weighted by atomic mass is 32.2. The van der Waals surface area contributed by atoms with Crippen LogP contribution in [-0.4, -0.2) is 57.6 Å². The molecule has 0 amide bonds. The lowest BCUT2D eigenvalue weighted by molar-refractivity contribution is 0.268. The molecule has 3 aromatic carbocycles. The number of nitrogens with one attached hydrogen (secondary N) is 1. The van der Waals surface area contributed by atoms with Gasteiger partial charge < -0.3 is 14.4 Å². The molecule has 172 valence electrons. The molecule has 0 aliphatic heterocycles. The summed E-state index contributed by atoms with van der Waals surface area (Å²) in [4.78, 5) is 10.7. The molecule has 0 unspecified atom stereocenters. The number of nitrogens with zero attached hydrogens (tertiary/aromatic N) is 3. The zero-order valence-electron chi connectivity index (χ0n) is 18.8. The largest absolute Gasteiger partial charge is 0.493 e. The van der Waals surface area contributed by atoms with Crippen molar-refractivity contribution in [3.8, 4) is 11.5 Å². The summed E-state index contributed by atoms with van der Waals surface area (Å²) in [6.45, 7) is 1.42. The fourth-order valence-electron chi connectivity index (χ4n) is 3.50. The van der Waals surface area contributed by atoms with Crippen molar-refractivity contribution in [2.75, 3.05) is 39.1 Å². The molecular weight excluding hydrogens is 440 g/mol. The van der Waals surface area contributed by atoms with Gasteiger partial charge in [-0.15, -0.1) is 0 Å². The lowest BCUT2D eigenvalue weighted by atomic mass is 10.1. The number of aromatic nitrogens is 2. The summed E-state index contributed by atoms with van der Waals surface area (Å²) in [5, 5.41) is 2.32. The number of ether oxygens (including phenoxy) is 2. The van der Waals surface area contributed by atoms with Gasteiger partial charge in [0.05, 0.1) is 24.1 Å². The summed E-state index contributed by atoms with van der Waals surface area (Å²) < 4.78 is 40.2. The molecule has 1 heterocycles. The van der Waals surface area contributed by atoms with Gasteiger partial charge in [-0.05, 0) is 49.5 Å². The van der Waals surface area contributed by atoms with E-state index in [1.807, 2.05) is 38.4 Å². The Bertz CT molecular complexity index is 1390. The highest BCUT2D eigenvalue weighted by Crippen LogP contribution is 2.34. The molecule has 33 heavy (non-hydrogen) atoms. The monoisotopic (exact) mass is 466 g/mol. The van der Waals surface area contributed by atoms with Crippen LogP contribution in [0.25, 0.3) is 21.7 Å². The maximum Gasteiger partial charge on any atom is 0.263 e. The van der Waals surface area contributed by atoms with Gasteiger partial charge in [-0.3, -0.25) is 4.72 Å². The number of anilines is 1. The first kappa shape index (κ1) is 22.8. The number of sulfonamides is 1. The van der Waals surface area contributed by atoms with Crippen molar-refractivity contribution < 1.29 is 17.9 Å². The molecular formula is C24H26N4O4S. The Morgan fingerprint density at radius 1 is 0.970 bits per heavy atom. The van der Waals surface area contributed by atoms with E-state index in [2.05, 4.69) is 19.6 Å². The van der Waals surface area contributed by atoms with Crippen LogP contribution >= 0.6 is 0 Å². The fourth-order valence-corrected chi connectivity index (χ4v) is 4.57. The SMILES string of the molecule is COc1cc2c(NS(=O)(=O)c3ccc4ccccc4c3)ncnc2cc1OCCCN(C)C. The van der Waals surface area contributed by atoms with E-state index >= 15 is 0 Å². The third-order valence-corrected chi connectivity index (χ3v) is 6.53. The number of hydrogen-bond acceptors (Lipinski definition) is 7. The van der Waals surface area contributed by atoms with Crippen LogP contribution in [0.15, 0.2) is 65.8 Å². The van der Waals surface area contributed by atoms with Crippen LogP contribution in [0.4, 0.5) is 5.82 Å². The average Bonchev–Trinajstić information content (AvgIpc) is 2.81. The summed E-state index contributed by atoms with van der Waals surface area (Å²) >= 11 is 0. The summed E-state index contributed by atoms with van der Waals surface area (Å²) in [5.41, 5.74) is 0.546. The molecule has 4 rings (SSSR count). The Morgan fingerprint density at radius 2 is 1.76 bits per heavy atom. The van der Waals surface area contributed by atoms with Crippen LogP contribution in [-0.2, 0) is 10.0 Å². The lowest BCUT2D eigenvalue weighted by Gasteiger charge is -2.15. The van der Waals surface area contributed by atoms with Gasteiger partial charge in [0.25, 0.3) is 10.0 Å². The smallest absolute Gasteiger partial charge is 0.263 e. The molecule has 0 aliphatic carbocycles. The molecule has 0 bridgehead atoms. The number of fused-ring (bicyclic) bond motifs is 2. The first-order chi connectivity index (χ1) is 15.9. The molecule has 8 nitrogen and oxygen atoms in total. The van der Waals surface area contributed by atoms with Crippen molar-refractivity contribution in [3.63, 3.8) is 0 Å². The van der Waals surface area contributed by atoms with Crippen LogP contribution in [0.5, 0.6) is 11.5 Å². The molecule has 0 radical (unpaired) electrons. The van der Waals surface area contributed by atoms with Gasteiger partial charge in [-0.1, -0.05) is 30.3 Å². The van der Waals surface area contributed by atoms with Crippen LogP contribution in [0.1, 0.15) is 6.42 Å². The highest BCUT2D eigenvalue weighted by Gasteiger charge is 2.19. The zero-order chi connectivity index (χ0) is 23.4. The predicted molar refractivity (Wildman–Crippen MR) is 130 cm³/mol. The quantitative estimate of drug-likeness (QED) is 0.374. The summed E-state index contributed by atoms with van der Waals surface area (Å²) in [7, 11) is 1.69. The molecule has 9 heteroatoms. The van der Waals surface area contributed by atoms with E-state index in [0.717, 1.165) is 23.7 Å². The van der Waals surface area contributed by atoms with Crippen molar-refractivity contribution >= 4 is 37.5 Å². The van der Waals surface area contributed by atoms with Crippen molar-refractivity contribution in [3.05, 3.63) is 60.9 Å². The van der Waals surface area contributed by atoms with E-state index in [9.17, 15) is 8.42 Å². The Labute approximate surface area is 193 Å². The van der Waals surface area contributed by atoms with Crippen LogP contribution < -0.4 is 14.2 Å². The molecule has 0 saturated carbocycles. The van der Waals surface area contributed by atoms with Crippen molar-refractivity contribution in [1.82, 2.24) is 14.9 Å². The normalized spacial score (nSPS) is 11.8. The minimum absolute atomic E-state index is 0.153. The Hall–Kier alpha value is -3.43. The topological polar surface area (TPSA) is 93.6 Å². The number of benzene rings is 3. The van der Waals surface area contributed by atoms with E-state index in [1.165, 1.54) is 13.4 Å². The first-order valence-electron chi connectivity index (χ1n) is 10.5. The van der Waals surface area contributed by atoms with Crippen LogP contribution in [0, 0.1) is 0 Å². The molecule has 0 atom stereocenters. The van der Waals surface area contributed by atoms with E-state index in [4.69, 9.17) is 9.47 Å². The van der Waals surface area contributed by atoms with Gasteiger partial charge in [-0.25, -0.2) is 18.4 Å². The Balaban J connectivity index is 1.64. The molecule has 0 fully saturated rings. The van der Waals surface area contributed by atoms with Gasteiger partial charge in [-0.2, -0.15) is 0 Å². The molecule has 1 aromatic heterocycles. The minimum Gasteiger partial charge on any atom is -0.493 e. The molecule has 0 spiro atoms. The highest BCUT2D eigenvalue weighted by molar-refractivity contribution is 7.92. The van der Waals surface area contributed by atoms with Crippen molar-refractivity contribution in [2.24, 2.45) is 0 Å². The average molecular weight is 467 g/mol. The van der Waals surface area contributed by atoms with Gasteiger partial charge in [0.15, 0.2) is 17.3 Å². The molecule has 1 N–H and O–H groups in total.